The molecular formula is C17H19N3O3. The topological polar surface area (TPSA) is 77.7 Å². The number of carbonyl (C=O) groups excluding carboxylic acids is 1. The molecule has 1 amide bonds. The second-order valence-corrected chi connectivity index (χ2v) is 5.40. The molecule has 120 valence electrons. The second kappa shape index (κ2) is 7.21. The summed E-state index contributed by atoms with van der Waals surface area (Å²) in [5, 5.41) is 0. The Kier molecular flexibility index (Phi) is 4.85. The van der Waals surface area contributed by atoms with Crippen LogP contribution in [0.4, 0.5) is 0 Å². The molecule has 3 rings (SSSR count). The normalized spacial score (nSPS) is 18.5. The van der Waals surface area contributed by atoms with Gasteiger partial charge < -0.3 is 15.2 Å². The van der Waals surface area contributed by atoms with E-state index in [1.165, 1.54) is 0 Å². The number of para-hydroxylation sites is 1. The summed E-state index contributed by atoms with van der Waals surface area (Å²) in [6.45, 7) is 2.42. The molecule has 0 aliphatic carbocycles. The van der Waals surface area contributed by atoms with Gasteiger partial charge in [-0.2, -0.15) is 0 Å². The lowest BCUT2D eigenvalue weighted by Crippen LogP contribution is -2.47. The number of benzene rings is 1. The minimum Gasteiger partial charge on any atom is -0.455 e. The Bertz CT molecular complexity index is 663. The van der Waals surface area contributed by atoms with E-state index in [-0.39, 0.29) is 0 Å². The van der Waals surface area contributed by atoms with Gasteiger partial charge in [0.05, 0.1) is 12.8 Å². The van der Waals surface area contributed by atoms with Crippen molar-refractivity contribution in [2.75, 3.05) is 19.7 Å². The van der Waals surface area contributed by atoms with E-state index in [0.29, 0.717) is 25.4 Å². The van der Waals surface area contributed by atoms with E-state index in [1.807, 2.05) is 36.4 Å². The third-order valence-electron chi connectivity index (χ3n) is 3.70. The summed E-state index contributed by atoms with van der Waals surface area (Å²) in [6.07, 6.45) is 2.83. The van der Waals surface area contributed by atoms with Gasteiger partial charge in [0.1, 0.15) is 17.6 Å². The van der Waals surface area contributed by atoms with Crippen LogP contribution in [0.2, 0.25) is 0 Å². The number of amides is 1. The average Bonchev–Trinajstić information content (AvgIpc) is 2.58. The molecule has 1 saturated heterocycles. The zero-order valence-corrected chi connectivity index (χ0v) is 12.7. The monoisotopic (exact) mass is 313 g/mol. The Morgan fingerprint density at radius 3 is 3.00 bits per heavy atom. The molecule has 2 N–H and O–H groups in total. The third kappa shape index (κ3) is 4.06. The first kappa shape index (κ1) is 15.5. The number of primary amides is 1. The van der Waals surface area contributed by atoms with Crippen molar-refractivity contribution in [2.45, 2.75) is 12.6 Å². The van der Waals surface area contributed by atoms with E-state index >= 15 is 0 Å². The molecule has 1 fully saturated rings. The smallest absolute Gasteiger partial charge is 0.247 e. The van der Waals surface area contributed by atoms with Crippen LogP contribution in [0.5, 0.6) is 11.5 Å². The largest absolute Gasteiger partial charge is 0.455 e. The van der Waals surface area contributed by atoms with Gasteiger partial charge in [-0.15, -0.1) is 0 Å². The van der Waals surface area contributed by atoms with Crippen molar-refractivity contribution in [2.24, 2.45) is 5.73 Å². The maximum Gasteiger partial charge on any atom is 0.247 e. The maximum absolute atomic E-state index is 11.3. The maximum atomic E-state index is 11.3. The first-order chi connectivity index (χ1) is 11.2. The number of ether oxygens (including phenoxy) is 2. The molecule has 0 radical (unpaired) electrons. The molecule has 0 saturated carbocycles. The van der Waals surface area contributed by atoms with Gasteiger partial charge in [0.2, 0.25) is 5.91 Å². The lowest BCUT2D eigenvalue weighted by atomic mass is 10.1. The molecule has 1 aromatic carbocycles. The van der Waals surface area contributed by atoms with Crippen LogP contribution in [0.1, 0.15) is 5.56 Å². The number of rotatable bonds is 5. The van der Waals surface area contributed by atoms with Crippen molar-refractivity contribution in [1.29, 1.82) is 0 Å². The Balaban J connectivity index is 1.72. The standard InChI is InChI=1S/C17H19N3O3/c18-17(21)16-12-20(8-9-22-16)11-13-4-1-2-6-15(13)23-14-5-3-7-19-10-14/h1-7,10,16H,8-9,11-12H2,(H2,18,21). The summed E-state index contributed by atoms with van der Waals surface area (Å²) in [5.41, 5.74) is 6.38. The molecule has 2 aromatic rings. The Morgan fingerprint density at radius 1 is 1.35 bits per heavy atom. The van der Waals surface area contributed by atoms with E-state index in [2.05, 4.69) is 9.88 Å². The van der Waals surface area contributed by atoms with Gasteiger partial charge in [-0.1, -0.05) is 18.2 Å². The summed E-state index contributed by atoms with van der Waals surface area (Å²) < 4.78 is 11.3. The van der Waals surface area contributed by atoms with E-state index < -0.39 is 12.0 Å². The number of nitrogens with zero attached hydrogens (tertiary/aromatic N) is 2. The van der Waals surface area contributed by atoms with Crippen molar-refractivity contribution in [3.05, 3.63) is 54.4 Å². The molecular weight excluding hydrogens is 294 g/mol. The lowest BCUT2D eigenvalue weighted by molar-refractivity contribution is -0.135. The Labute approximate surface area is 134 Å². The highest BCUT2D eigenvalue weighted by atomic mass is 16.5. The van der Waals surface area contributed by atoms with E-state index in [4.69, 9.17) is 15.2 Å². The van der Waals surface area contributed by atoms with Crippen molar-refractivity contribution in [3.63, 3.8) is 0 Å². The van der Waals surface area contributed by atoms with Gasteiger partial charge in [-0.3, -0.25) is 14.7 Å². The van der Waals surface area contributed by atoms with Crippen molar-refractivity contribution in [3.8, 4) is 11.5 Å². The van der Waals surface area contributed by atoms with Gasteiger partial charge in [-0.25, -0.2) is 0 Å². The molecule has 1 aromatic heterocycles. The summed E-state index contributed by atoms with van der Waals surface area (Å²) in [4.78, 5) is 17.5. The Hall–Kier alpha value is -2.44. The third-order valence-corrected chi connectivity index (χ3v) is 3.70. The number of pyridine rings is 1. The molecule has 1 atom stereocenters. The first-order valence-corrected chi connectivity index (χ1v) is 7.51. The van der Waals surface area contributed by atoms with Gasteiger partial charge in [0.25, 0.3) is 0 Å². The summed E-state index contributed by atoms with van der Waals surface area (Å²) in [7, 11) is 0. The van der Waals surface area contributed by atoms with Crippen molar-refractivity contribution in [1.82, 2.24) is 9.88 Å². The summed E-state index contributed by atoms with van der Waals surface area (Å²) in [6, 6.07) is 11.5. The zero-order chi connectivity index (χ0) is 16.1. The quantitative estimate of drug-likeness (QED) is 0.906. The van der Waals surface area contributed by atoms with Crippen LogP contribution in [0, 0.1) is 0 Å². The van der Waals surface area contributed by atoms with E-state index in [1.54, 1.807) is 12.4 Å². The van der Waals surface area contributed by atoms with Crippen LogP contribution in [0.15, 0.2) is 48.8 Å². The van der Waals surface area contributed by atoms with Crippen molar-refractivity contribution < 1.29 is 14.3 Å². The van der Waals surface area contributed by atoms with Crippen LogP contribution in [0.25, 0.3) is 0 Å². The minimum atomic E-state index is -0.546. The first-order valence-electron chi connectivity index (χ1n) is 7.51. The molecule has 0 spiro atoms. The highest BCUT2D eigenvalue weighted by Crippen LogP contribution is 2.26. The fourth-order valence-electron chi connectivity index (χ4n) is 2.53. The number of nitrogens with two attached hydrogens (primary N) is 1. The molecule has 6 nitrogen and oxygen atoms in total. The second-order valence-electron chi connectivity index (χ2n) is 5.40. The molecule has 1 aliphatic rings. The SMILES string of the molecule is NC(=O)C1CN(Cc2ccccc2Oc2cccnc2)CCO1. The minimum absolute atomic E-state index is 0.422. The predicted octanol–water partition coefficient (Wildman–Crippen LogP) is 1.56. The number of hydrogen-bond donors (Lipinski definition) is 1. The van der Waals surface area contributed by atoms with E-state index in [0.717, 1.165) is 17.9 Å². The van der Waals surface area contributed by atoms with Crippen LogP contribution in [0.3, 0.4) is 0 Å². The molecule has 1 unspecified atom stereocenters. The number of aromatic nitrogens is 1. The summed E-state index contributed by atoms with van der Waals surface area (Å²) >= 11 is 0. The predicted molar refractivity (Wildman–Crippen MR) is 85.0 cm³/mol. The molecule has 2 heterocycles. The lowest BCUT2D eigenvalue weighted by Gasteiger charge is -2.31. The number of morpholine rings is 1. The molecule has 23 heavy (non-hydrogen) atoms. The Morgan fingerprint density at radius 2 is 2.22 bits per heavy atom. The van der Waals surface area contributed by atoms with Crippen LogP contribution in [-0.4, -0.2) is 41.6 Å². The van der Waals surface area contributed by atoms with E-state index in [9.17, 15) is 4.79 Å². The van der Waals surface area contributed by atoms with Gasteiger partial charge in [0, 0.05) is 31.4 Å². The number of hydrogen-bond acceptors (Lipinski definition) is 5. The fourth-order valence-corrected chi connectivity index (χ4v) is 2.53. The van der Waals surface area contributed by atoms with Gasteiger partial charge in [-0.05, 0) is 18.2 Å². The fraction of sp³-hybridized carbons (Fsp3) is 0.294. The highest BCUT2D eigenvalue weighted by Gasteiger charge is 2.25. The van der Waals surface area contributed by atoms with Crippen LogP contribution >= 0.6 is 0 Å². The summed E-state index contributed by atoms with van der Waals surface area (Å²) in [5.74, 6) is 1.05. The van der Waals surface area contributed by atoms with Gasteiger partial charge >= 0.3 is 0 Å². The molecule has 1 aliphatic heterocycles. The molecule has 0 bridgehead atoms. The molecule has 6 heteroatoms. The van der Waals surface area contributed by atoms with Crippen LogP contribution < -0.4 is 10.5 Å². The number of carbonyl (C=O) groups is 1. The zero-order valence-electron chi connectivity index (χ0n) is 12.7. The van der Waals surface area contributed by atoms with Crippen molar-refractivity contribution >= 4 is 5.91 Å². The van der Waals surface area contributed by atoms with Crippen LogP contribution in [-0.2, 0) is 16.1 Å². The highest BCUT2D eigenvalue weighted by molar-refractivity contribution is 5.79. The van der Waals surface area contributed by atoms with Gasteiger partial charge in [0.15, 0.2) is 0 Å². The average molecular weight is 313 g/mol.